The van der Waals surface area contributed by atoms with Crippen molar-refractivity contribution in [1.29, 1.82) is 0 Å². The maximum atomic E-state index is 15.1. The van der Waals surface area contributed by atoms with Crippen molar-refractivity contribution in [2.75, 3.05) is 18.1 Å². The van der Waals surface area contributed by atoms with E-state index in [1.165, 1.54) is 0 Å². The lowest BCUT2D eigenvalue weighted by molar-refractivity contribution is -0.274. The standard InChI is InChI=1S/C22H22F5NO3/c1-3-30-20(29)7-5-16-13(2)10-14-12-28(9-8-17(14)21(16)24)19-11-15(4-6-18(19)23)31-22(25,26)27/h4,6,10-11H,3,5,7-9,12H2,1-2H3. The van der Waals surface area contributed by atoms with Gasteiger partial charge in [0.25, 0.3) is 0 Å². The van der Waals surface area contributed by atoms with Crippen molar-refractivity contribution in [2.45, 2.75) is 46.0 Å². The second kappa shape index (κ2) is 9.11. The van der Waals surface area contributed by atoms with Crippen LogP contribution in [0.4, 0.5) is 27.6 Å². The van der Waals surface area contributed by atoms with Crippen LogP contribution >= 0.6 is 0 Å². The van der Waals surface area contributed by atoms with Gasteiger partial charge < -0.3 is 14.4 Å². The molecule has 1 aliphatic rings. The van der Waals surface area contributed by atoms with Gasteiger partial charge in [-0.2, -0.15) is 0 Å². The largest absolute Gasteiger partial charge is 0.573 e. The van der Waals surface area contributed by atoms with Crippen LogP contribution in [0.25, 0.3) is 0 Å². The van der Waals surface area contributed by atoms with E-state index in [-0.39, 0.29) is 44.6 Å². The molecule has 0 amide bonds. The quantitative estimate of drug-likeness (QED) is 0.453. The van der Waals surface area contributed by atoms with E-state index in [1.807, 2.05) is 0 Å². The Kier molecular flexibility index (Phi) is 6.71. The van der Waals surface area contributed by atoms with E-state index in [9.17, 15) is 22.4 Å². The average Bonchev–Trinajstić information content (AvgIpc) is 2.68. The molecular formula is C22H22F5NO3. The van der Waals surface area contributed by atoms with E-state index in [0.717, 1.165) is 18.2 Å². The highest BCUT2D eigenvalue weighted by atomic mass is 19.4. The number of alkyl halides is 3. The second-order valence-corrected chi connectivity index (χ2v) is 7.26. The normalized spacial score (nSPS) is 13.7. The number of carbonyl (C=O) groups excluding carboxylic acids is 1. The molecule has 9 heteroatoms. The summed E-state index contributed by atoms with van der Waals surface area (Å²) in [5, 5.41) is 0. The van der Waals surface area contributed by atoms with Gasteiger partial charge in [-0.05, 0) is 61.1 Å². The van der Waals surface area contributed by atoms with E-state index in [1.54, 1.807) is 24.8 Å². The van der Waals surface area contributed by atoms with Gasteiger partial charge in [0.05, 0.1) is 12.3 Å². The van der Waals surface area contributed by atoms with Crippen molar-refractivity contribution in [3.63, 3.8) is 0 Å². The van der Waals surface area contributed by atoms with Gasteiger partial charge in [-0.25, -0.2) is 8.78 Å². The third-order valence-corrected chi connectivity index (χ3v) is 5.15. The van der Waals surface area contributed by atoms with Crippen molar-refractivity contribution >= 4 is 11.7 Å². The van der Waals surface area contributed by atoms with Crippen LogP contribution in [0.15, 0.2) is 24.3 Å². The fourth-order valence-electron chi connectivity index (χ4n) is 3.78. The summed E-state index contributed by atoms with van der Waals surface area (Å²) in [6.45, 7) is 4.03. The highest BCUT2D eigenvalue weighted by Crippen LogP contribution is 2.34. The van der Waals surface area contributed by atoms with Crippen molar-refractivity contribution in [3.05, 3.63) is 58.2 Å². The summed E-state index contributed by atoms with van der Waals surface area (Å²) in [4.78, 5) is 13.2. The molecule has 2 aromatic carbocycles. The van der Waals surface area contributed by atoms with Gasteiger partial charge in [0.15, 0.2) is 0 Å². The van der Waals surface area contributed by atoms with Crippen molar-refractivity contribution in [1.82, 2.24) is 0 Å². The van der Waals surface area contributed by atoms with Gasteiger partial charge in [-0.1, -0.05) is 6.07 Å². The van der Waals surface area contributed by atoms with Crippen LogP contribution in [0.1, 0.15) is 35.6 Å². The number of ether oxygens (including phenoxy) is 2. The minimum Gasteiger partial charge on any atom is -0.466 e. The van der Waals surface area contributed by atoms with Crippen LogP contribution in [-0.4, -0.2) is 25.5 Å². The molecule has 1 heterocycles. The first-order valence-corrected chi connectivity index (χ1v) is 9.84. The molecule has 0 aliphatic carbocycles. The smallest absolute Gasteiger partial charge is 0.466 e. The number of halogens is 5. The van der Waals surface area contributed by atoms with Gasteiger partial charge in [0, 0.05) is 25.6 Å². The molecule has 0 atom stereocenters. The first kappa shape index (κ1) is 22.8. The highest BCUT2D eigenvalue weighted by Gasteiger charge is 2.32. The number of fused-ring (bicyclic) bond motifs is 1. The summed E-state index contributed by atoms with van der Waals surface area (Å²) in [5.74, 6) is -2.01. The number of carbonyl (C=O) groups is 1. The van der Waals surface area contributed by atoms with Crippen LogP contribution in [0, 0.1) is 18.6 Å². The van der Waals surface area contributed by atoms with Crippen LogP contribution in [0.2, 0.25) is 0 Å². The van der Waals surface area contributed by atoms with E-state index in [0.29, 0.717) is 22.3 Å². The van der Waals surface area contributed by atoms with Crippen molar-refractivity contribution in [3.8, 4) is 5.75 Å². The monoisotopic (exact) mass is 443 g/mol. The Morgan fingerprint density at radius 1 is 1.19 bits per heavy atom. The molecule has 31 heavy (non-hydrogen) atoms. The van der Waals surface area contributed by atoms with Crippen molar-refractivity contribution in [2.24, 2.45) is 0 Å². The van der Waals surface area contributed by atoms with Crippen LogP contribution in [-0.2, 0) is 28.9 Å². The van der Waals surface area contributed by atoms with E-state index in [4.69, 9.17) is 4.74 Å². The third kappa shape index (κ3) is 5.45. The predicted octanol–water partition coefficient (Wildman–Crippen LogP) is 5.23. The first-order valence-electron chi connectivity index (χ1n) is 9.84. The molecule has 1 aliphatic heterocycles. The molecule has 168 valence electrons. The zero-order valence-electron chi connectivity index (χ0n) is 17.1. The number of hydrogen-bond donors (Lipinski definition) is 0. The van der Waals surface area contributed by atoms with E-state index in [2.05, 4.69) is 4.74 Å². The zero-order valence-corrected chi connectivity index (χ0v) is 17.1. The lowest BCUT2D eigenvalue weighted by Gasteiger charge is -2.32. The first-order chi connectivity index (χ1) is 14.6. The molecule has 0 spiro atoms. The summed E-state index contributed by atoms with van der Waals surface area (Å²) < 4.78 is 75.7. The Morgan fingerprint density at radius 2 is 1.94 bits per heavy atom. The summed E-state index contributed by atoms with van der Waals surface area (Å²) in [7, 11) is 0. The van der Waals surface area contributed by atoms with Gasteiger partial charge in [0.1, 0.15) is 17.4 Å². The maximum absolute atomic E-state index is 15.1. The molecule has 0 bridgehead atoms. The Morgan fingerprint density at radius 3 is 2.61 bits per heavy atom. The van der Waals surface area contributed by atoms with Crippen molar-refractivity contribution < 1.29 is 36.2 Å². The Bertz CT molecular complexity index is 975. The summed E-state index contributed by atoms with van der Waals surface area (Å²) in [6, 6.07) is 4.59. The molecule has 0 N–H and O–H groups in total. The molecule has 0 aromatic heterocycles. The summed E-state index contributed by atoms with van der Waals surface area (Å²) >= 11 is 0. The van der Waals surface area contributed by atoms with Crippen LogP contribution in [0.5, 0.6) is 5.75 Å². The minimum absolute atomic E-state index is 0.0446. The molecule has 0 fully saturated rings. The number of rotatable bonds is 6. The Hall–Kier alpha value is -2.84. The molecule has 0 saturated carbocycles. The molecule has 4 nitrogen and oxygen atoms in total. The molecular weight excluding hydrogens is 421 g/mol. The molecule has 0 saturated heterocycles. The van der Waals surface area contributed by atoms with Gasteiger partial charge >= 0.3 is 12.3 Å². The van der Waals surface area contributed by atoms with Crippen LogP contribution < -0.4 is 9.64 Å². The molecule has 0 radical (unpaired) electrons. The number of nitrogens with zero attached hydrogens (tertiary/aromatic N) is 1. The number of hydrogen-bond acceptors (Lipinski definition) is 4. The Balaban J connectivity index is 1.83. The molecule has 2 aromatic rings. The van der Waals surface area contributed by atoms with Crippen LogP contribution in [0.3, 0.4) is 0 Å². The fourth-order valence-corrected chi connectivity index (χ4v) is 3.78. The second-order valence-electron chi connectivity index (χ2n) is 7.26. The fraction of sp³-hybridized carbons (Fsp3) is 0.409. The lowest BCUT2D eigenvalue weighted by Crippen LogP contribution is -2.32. The van der Waals surface area contributed by atoms with Gasteiger partial charge in [-0.3, -0.25) is 4.79 Å². The number of benzene rings is 2. The molecule has 0 unspecified atom stereocenters. The third-order valence-electron chi connectivity index (χ3n) is 5.15. The zero-order chi connectivity index (χ0) is 22.8. The number of anilines is 1. The number of esters is 1. The highest BCUT2D eigenvalue weighted by molar-refractivity contribution is 5.69. The van der Waals surface area contributed by atoms with Gasteiger partial charge in [-0.15, -0.1) is 13.2 Å². The Labute approximate surface area is 176 Å². The average molecular weight is 443 g/mol. The topological polar surface area (TPSA) is 38.8 Å². The summed E-state index contributed by atoms with van der Waals surface area (Å²) in [6.07, 6.45) is -4.37. The maximum Gasteiger partial charge on any atom is 0.573 e. The lowest BCUT2D eigenvalue weighted by atomic mass is 9.91. The minimum atomic E-state index is -4.89. The molecule has 3 rings (SSSR count). The summed E-state index contributed by atoms with van der Waals surface area (Å²) in [5.41, 5.74) is 2.15. The van der Waals surface area contributed by atoms with E-state index < -0.39 is 29.7 Å². The van der Waals surface area contributed by atoms with Gasteiger partial charge in [0.2, 0.25) is 0 Å². The van der Waals surface area contributed by atoms with E-state index >= 15 is 4.39 Å². The predicted molar refractivity (Wildman–Crippen MR) is 104 cm³/mol. The number of aryl methyl sites for hydroxylation is 1. The SMILES string of the molecule is CCOC(=O)CCc1c(C)cc2c(c1F)CCN(c1cc(OC(F)(F)F)ccc1F)C2.